The number of hydrogen-bond donors (Lipinski definition) is 2. The highest BCUT2D eigenvalue weighted by atomic mass is 16.5. The third-order valence-electron chi connectivity index (χ3n) is 2.80. The summed E-state index contributed by atoms with van der Waals surface area (Å²) in [5.74, 6) is 1.50. The van der Waals surface area contributed by atoms with Gasteiger partial charge in [0.05, 0.1) is 14.2 Å². The second-order valence-electron chi connectivity index (χ2n) is 4.28. The number of para-hydroxylation sites is 1. The lowest BCUT2D eigenvalue weighted by atomic mass is 10.2. The Morgan fingerprint density at radius 1 is 1.00 bits per heavy atom. The highest BCUT2D eigenvalue weighted by Gasteiger charge is 2.13. The van der Waals surface area contributed by atoms with Gasteiger partial charge in [-0.05, 0) is 31.2 Å². The van der Waals surface area contributed by atoms with Crippen LogP contribution in [0.1, 0.15) is 5.69 Å². The molecule has 1 aromatic heterocycles. The topological polar surface area (TPSA) is 72.5 Å². The van der Waals surface area contributed by atoms with Crippen molar-refractivity contribution in [2.75, 3.05) is 24.9 Å². The Labute approximate surface area is 123 Å². The van der Waals surface area contributed by atoms with Gasteiger partial charge in [0.25, 0.3) is 0 Å². The number of ether oxygens (including phenoxy) is 2. The van der Waals surface area contributed by atoms with Gasteiger partial charge in [0.15, 0.2) is 0 Å². The number of urea groups is 1. The molecule has 0 bridgehead atoms. The number of methoxy groups -OCH3 is 2. The summed E-state index contributed by atoms with van der Waals surface area (Å²) in [7, 11) is 3.06. The molecule has 2 amide bonds. The molecule has 21 heavy (non-hydrogen) atoms. The number of nitrogens with one attached hydrogen (secondary N) is 2. The van der Waals surface area contributed by atoms with E-state index in [4.69, 9.17) is 9.47 Å². The second kappa shape index (κ2) is 6.60. The number of carbonyl (C=O) groups is 1. The molecule has 2 N–H and O–H groups in total. The minimum atomic E-state index is -0.420. The van der Waals surface area contributed by atoms with Gasteiger partial charge in [0, 0.05) is 5.69 Å². The molecule has 0 aliphatic rings. The molecule has 6 heteroatoms. The lowest BCUT2D eigenvalue weighted by molar-refractivity contribution is 0.261. The van der Waals surface area contributed by atoms with E-state index in [2.05, 4.69) is 15.6 Å². The van der Waals surface area contributed by atoms with Crippen molar-refractivity contribution in [3.8, 4) is 11.5 Å². The number of aryl methyl sites for hydroxylation is 1. The van der Waals surface area contributed by atoms with Gasteiger partial charge in [-0.3, -0.25) is 5.32 Å². The number of carbonyl (C=O) groups excluding carboxylic acids is 1. The van der Waals surface area contributed by atoms with E-state index >= 15 is 0 Å². The van der Waals surface area contributed by atoms with Gasteiger partial charge in [-0.15, -0.1) is 0 Å². The largest absolute Gasteiger partial charge is 0.494 e. The smallest absolute Gasteiger partial charge is 0.325 e. The fourth-order valence-electron chi connectivity index (χ4n) is 1.85. The predicted octanol–water partition coefficient (Wildman–Crippen LogP) is 3.05. The molecule has 110 valence electrons. The van der Waals surface area contributed by atoms with Crippen LogP contribution in [0.3, 0.4) is 0 Å². The van der Waals surface area contributed by atoms with Gasteiger partial charge < -0.3 is 14.8 Å². The monoisotopic (exact) mass is 287 g/mol. The zero-order chi connectivity index (χ0) is 15.2. The Hall–Kier alpha value is -2.76. The molecule has 2 aromatic rings. The number of aromatic nitrogens is 1. The zero-order valence-corrected chi connectivity index (χ0v) is 12.1. The van der Waals surface area contributed by atoms with E-state index in [1.165, 1.54) is 14.2 Å². The van der Waals surface area contributed by atoms with Crippen LogP contribution in [0.2, 0.25) is 0 Å². The molecule has 1 aromatic carbocycles. The van der Waals surface area contributed by atoms with Gasteiger partial charge in [-0.25, -0.2) is 9.78 Å². The minimum Gasteiger partial charge on any atom is -0.494 e. The second-order valence-corrected chi connectivity index (χ2v) is 4.28. The molecule has 0 spiro atoms. The van der Waals surface area contributed by atoms with E-state index in [9.17, 15) is 4.79 Å². The lowest BCUT2D eigenvalue weighted by Gasteiger charge is -2.14. The van der Waals surface area contributed by atoms with Crippen molar-refractivity contribution < 1.29 is 14.3 Å². The molecule has 0 aliphatic carbocycles. The molecule has 0 radical (unpaired) electrons. The Morgan fingerprint density at radius 2 is 1.62 bits per heavy atom. The Bertz CT molecular complexity index is 622. The van der Waals surface area contributed by atoms with E-state index < -0.39 is 6.03 Å². The number of nitrogens with zero attached hydrogens (tertiary/aromatic N) is 1. The Morgan fingerprint density at radius 3 is 2.19 bits per heavy atom. The van der Waals surface area contributed by atoms with E-state index in [1.807, 2.05) is 19.1 Å². The van der Waals surface area contributed by atoms with Crippen LogP contribution in [-0.2, 0) is 0 Å². The van der Waals surface area contributed by atoms with Crippen LogP contribution in [0, 0.1) is 6.92 Å². The van der Waals surface area contributed by atoms with E-state index in [0.717, 1.165) is 5.69 Å². The maximum atomic E-state index is 12.1. The van der Waals surface area contributed by atoms with Crippen LogP contribution in [0.5, 0.6) is 11.5 Å². The van der Waals surface area contributed by atoms with Crippen molar-refractivity contribution in [1.82, 2.24) is 4.98 Å². The van der Waals surface area contributed by atoms with Gasteiger partial charge in [0.1, 0.15) is 23.0 Å². The standard InChI is InChI=1S/C15H17N3O3/c1-10-6-4-9-13(16-10)17-15(19)18-14-11(20-2)7-5-8-12(14)21-3/h4-9H,1-3H3,(H2,16,17,18,19). The van der Waals surface area contributed by atoms with Gasteiger partial charge in [-0.1, -0.05) is 12.1 Å². The number of pyridine rings is 1. The van der Waals surface area contributed by atoms with Crippen LogP contribution in [0.4, 0.5) is 16.3 Å². The first kappa shape index (κ1) is 14.6. The van der Waals surface area contributed by atoms with Crippen molar-refractivity contribution in [2.45, 2.75) is 6.92 Å². The van der Waals surface area contributed by atoms with E-state index in [1.54, 1.807) is 24.3 Å². The lowest BCUT2D eigenvalue weighted by Crippen LogP contribution is -2.21. The van der Waals surface area contributed by atoms with E-state index in [-0.39, 0.29) is 0 Å². The highest BCUT2D eigenvalue weighted by molar-refractivity contribution is 6.01. The fraction of sp³-hybridized carbons (Fsp3) is 0.200. The molecule has 0 aliphatic heterocycles. The zero-order valence-electron chi connectivity index (χ0n) is 12.1. The van der Waals surface area contributed by atoms with Crippen molar-refractivity contribution in [3.05, 3.63) is 42.1 Å². The average Bonchev–Trinajstić information content (AvgIpc) is 2.47. The van der Waals surface area contributed by atoms with Crippen molar-refractivity contribution in [1.29, 1.82) is 0 Å². The summed E-state index contributed by atoms with van der Waals surface area (Å²) in [5.41, 5.74) is 1.29. The molecule has 0 saturated carbocycles. The van der Waals surface area contributed by atoms with Crippen LogP contribution >= 0.6 is 0 Å². The number of anilines is 2. The van der Waals surface area contributed by atoms with Gasteiger partial charge >= 0.3 is 6.03 Å². The van der Waals surface area contributed by atoms with Gasteiger partial charge in [-0.2, -0.15) is 0 Å². The molecule has 0 saturated heterocycles. The van der Waals surface area contributed by atoms with Crippen molar-refractivity contribution in [2.24, 2.45) is 0 Å². The summed E-state index contributed by atoms with van der Waals surface area (Å²) in [6, 6.07) is 10.2. The van der Waals surface area contributed by atoms with Crippen LogP contribution in [-0.4, -0.2) is 25.2 Å². The van der Waals surface area contributed by atoms with Crippen LogP contribution in [0.15, 0.2) is 36.4 Å². The Kier molecular flexibility index (Phi) is 4.61. The molecule has 0 fully saturated rings. The highest BCUT2D eigenvalue weighted by Crippen LogP contribution is 2.34. The molecule has 2 rings (SSSR count). The maximum Gasteiger partial charge on any atom is 0.325 e. The number of amides is 2. The first-order valence-corrected chi connectivity index (χ1v) is 6.36. The molecular weight excluding hydrogens is 270 g/mol. The fourth-order valence-corrected chi connectivity index (χ4v) is 1.85. The first-order chi connectivity index (χ1) is 10.1. The first-order valence-electron chi connectivity index (χ1n) is 6.36. The van der Waals surface area contributed by atoms with Crippen molar-refractivity contribution >= 4 is 17.5 Å². The Balaban J connectivity index is 2.16. The summed E-state index contributed by atoms with van der Waals surface area (Å²) in [6.45, 7) is 1.85. The maximum absolute atomic E-state index is 12.1. The third kappa shape index (κ3) is 3.62. The third-order valence-corrected chi connectivity index (χ3v) is 2.80. The molecule has 6 nitrogen and oxygen atoms in total. The summed E-state index contributed by atoms with van der Waals surface area (Å²) >= 11 is 0. The van der Waals surface area contributed by atoms with Crippen LogP contribution in [0.25, 0.3) is 0 Å². The van der Waals surface area contributed by atoms with Crippen LogP contribution < -0.4 is 20.1 Å². The number of benzene rings is 1. The molecular formula is C15H17N3O3. The molecule has 1 heterocycles. The van der Waals surface area contributed by atoms with E-state index in [0.29, 0.717) is 23.0 Å². The SMILES string of the molecule is COc1cccc(OC)c1NC(=O)Nc1cccc(C)n1. The quantitative estimate of drug-likeness (QED) is 0.906. The number of rotatable bonds is 4. The summed E-state index contributed by atoms with van der Waals surface area (Å²) in [4.78, 5) is 16.3. The normalized spacial score (nSPS) is 9.86. The molecule has 0 atom stereocenters. The van der Waals surface area contributed by atoms with Crippen molar-refractivity contribution in [3.63, 3.8) is 0 Å². The predicted molar refractivity (Wildman–Crippen MR) is 81.2 cm³/mol. The summed E-state index contributed by atoms with van der Waals surface area (Å²) in [6.07, 6.45) is 0. The minimum absolute atomic E-state index is 0.420. The average molecular weight is 287 g/mol. The molecule has 0 unspecified atom stereocenters. The summed E-state index contributed by atoms with van der Waals surface area (Å²) < 4.78 is 10.4. The van der Waals surface area contributed by atoms with Gasteiger partial charge in [0.2, 0.25) is 0 Å². The summed E-state index contributed by atoms with van der Waals surface area (Å²) in [5, 5.41) is 5.37. The number of hydrogen-bond acceptors (Lipinski definition) is 4.